The molecule has 30 heavy (non-hydrogen) atoms. The zero-order valence-corrected chi connectivity index (χ0v) is 18.7. The van der Waals surface area contributed by atoms with Crippen LogP contribution >= 0.6 is 0 Å². The molecule has 4 aliphatic rings. The van der Waals surface area contributed by atoms with Gasteiger partial charge < -0.3 is 10.2 Å². The average Bonchev–Trinajstić information content (AvgIpc) is 3.00. The van der Waals surface area contributed by atoms with Crippen molar-refractivity contribution in [3.05, 3.63) is 0 Å². The Morgan fingerprint density at radius 3 is 1.97 bits per heavy atom. The van der Waals surface area contributed by atoms with Gasteiger partial charge in [0, 0.05) is 12.1 Å². The minimum atomic E-state index is -0.760. The molecule has 0 bridgehead atoms. The third-order valence-electron chi connectivity index (χ3n) is 8.30. The topological polar surface area (TPSA) is 69.7 Å². The second kappa shape index (κ2) is 9.27. The normalized spacial score (nSPS) is 31.2. The quantitative estimate of drug-likeness (QED) is 0.675. The molecule has 0 unspecified atom stereocenters. The summed E-state index contributed by atoms with van der Waals surface area (Å²) >= 11 is 0. The highest BCUT2D eigenvalue weighted by Gasteiger charge is 2.53. The fourth-order valence-electron chi connectivity index (χ4n) is 6.38. The van der Waals surface area contributed by atoms with Crippen molar-refractivity contribution < 1.29 is 14.4 Å². The highest BCUT2D eigenvalue weighted by Crippen LogP contribution is 2.38. The Morgan fingerprint density at radius 2 is 1.47 bits per heavy atom. The van der Waals surface area contributed by atoms with Crippen LogP contribution in [0.2, 0.25) is 0 Å². The molecule has 0 radical (unpaired) electrons. The number of urea groups is 1. The van der Waals surface area contributed by atoms with Gasteiger partial charge in [-0.1, -0.05) is 51.9 Å². The molecular weight excluding hydrogens is 378 g/mol. The van der Waals surface area contributed by atoms with E-state index >= 15 is 0 Å². The minimum Gasteiger partial charge on any atom is -0.335 e. The van der Waals surface area contributed by atoms with Gasteiger partial charge in [-0.3, -0.25) is 14.5 Å². The van der Waals surface area contributed by atoms with Crippen molar-refractivity contribution in [1.29, 1.82) is 0 Å². The lowest BCUT2D eigenvalue weighted by Gasteiger charge is -2.42. The van der Waals surface area contributed by atoms with E-state index < -0.39 is 5.54 Å². The summed E-state index contributed by atoms with van der Waals surface area (Å²) < 4.78 is 0. The molecule has 0 aromatic heterocycles. The van der Waals surface area contributed by atoms with Crippen LogP contribution in [0, 0.1) is 5.92 Å². The summed E-state index contributed by atoms with van der Waals surface area (Å²) in [6.07, 6.45) is 15.9. The standard InChI is InChI=1S/C24H39N3O3/c1-2-18-13-15-24(16-14-18)22(29)26(23(30)25-24)17-21(28)27(19-9-5-3-6-10-19)20-11-7-4-8-12-20/h18-20H,2-17H2,1H3,(H,25,30). The number of nitrogens with zero attached hydrogens (tertiary/aromatic N) is 2. The zero-order chi connectivity index (χ0) is 21.1. The van der Waals surface area contributed by atoms with E-state index in [0.29, 0.717) is 18.8 Å². The number of hydrogen-bond acceptors (Lipinski definition) is 3. The van der Waals surface area contributed by atoms with E-state index in [2.05, 4.69) is 17.1 Å². The van der Waals surface area contributed by atoms with E-state index in [1.54, 1.807) is 0 Å². The Bertz CT molecular complexity index is 626. The van der Waals surface area contributed by atoms with E-state index in [0.717, 1.165) is 44.9 Å². The molecule has 4 rings (SSSR count). The minimum absolute atomic E-state index is 0.0170. The van der Waals surface area contributed by atoms with Crippen LogP contribution in [0.1, 0.15) is 103 Å². The van der Waals surface area contributed by atoms with Crippen LogP contribution in [0.15, 0.2) is 0 Å². The fourth-order valence-corrected chi connectivity index (χ4v) is 6.38. The lowest BCUT2D eigenvalue weighted by molar-refractivity contribution is -0.143. The smallest absolute Gasteiger partial charge is 0.325 e. The van der Waals surface area contributed by atoms with Crippen LogP contribution in [-0.4, -0.2) is 51.8 Å². The Balaban J connectivity index is 1.46. The predicted molar refractivity (Wildman–Crippen MR) is 116 cm³/mol. The number of nitrogens with one attached hydrogen (secondary N) is 1. The Hall–Kier alpha value is -1.59. The highest BCUT2D eigenvalue weighted by atomic mass is 16.2. The van der Waals surface area contributed by atoms with Crippen molar-refractivity contribution >= 4 is 17.8 Å². The first kappa shape index (κ1) is 21.6. The van der Waals surface area contributed by atoms with Crippen LogP contribution in [0.4, 0.5) is 4.79 Å². The summed E-state index contributed by atoms with van der Waals surface area (Å²) in [6.45, 7) is 2.10. The van der Waals surface area contributed by atoms with Crippen molar-refractivity contribution in [2.75, 3.05) is 6.54 Å². The largest absolute Gasteiger partial charge is 0.335 e. The number of carbonyl (C=O) groups excluding carboxylic acids is 3. The molecule has 1 spiro atoms. The molecule has 4 amide bonds. The summed E-state index contributed by atoms with van der Waals surface area (Å²) in [5.74, 6) is 0.461. The van der Waals surface area contributed by atoms with E-state index in [1.165, 1.54) is 43.4 Å². The molecule has 1 heterocycles. The zero-order valence-electron chi connectivity index (χ0n) is 18.7. The summed E-state index contributed by atoms with van der Waals surface area (Å²) in [6, 6.07) is 0.198. The first-order valence-corrected chi connectivity index (χ1v) is 12.5. The molecule has 3 aliphatic carbocycles. The number of hydrogen-bond donors (Lipinski definition) is 1. The van der Waals surface area contributed by atoms with Gasteiger partial charge >= 0.3 is 6.03 Å². The summed E-state index contributed by atoms with van der Waals surface area (Å²) in [7, 11) is 0. The first-order chi connectivity index (χ1) is 14.5. The molecule has 0 atom stereocenters. The van der Waals surface area contributed by atoms with Gasteiger partial charge in [0.25, 0.3) is 5.91 Å². The summed E-state index contributed by atoms with van der Waals surface area (Å²) in [5.41, 5.74) is -0.760. The van der Waals surface area contributed by atoms with Crippen molar-refractivity contribution in [2.45, 2.75) is 121 Å². The second-order valence-electron chi connectivity index (χ2n) is 10.1. The molecule has 1 saturated heterocycles. The lowest BCUT2D eigenvalue weighted by Crippen LogP contribution is -2.53. The molecule has 6 nitrogen and oxygen atoms in total. The highest BCUT2D eigenvalue weighted by molar-refractivity contribution is 6.09. The second-order valence-corrected chi connectivity index (χ2v) is 10.1. The van der Waals surface area contributed by atoms with Crippen molar-refractivity contribution in [1.82, 2.24) is 15.1 Å². The molecule has 4 fully saturated rings. The Labute approximate surface area is 181 Å². The number of carbonyl (C=O) groups is 3. The number of imide groups is 1. The molecule has 168 valence electrons. The van der Waals surface area contributed by atoms with Crippen molar-refractivity contribution in [2.24, 2.45) is 5.92 Å². The van der Waals surface area contributed by atoms with E-state index in [1.807, 2.05) is 0 Å². The molecule has 1 aliphatic heterocycles. The van der Waals surface area contributed by atoms with Crippen LogP contribution in [0.3, 0.4) is 0 Å². The molecule has 3 saturated carbocycles. The maximum absolute atomic E-state index is 13.5. The maximum Gasteiger partial charge on any atom is 0.325 e. The van der Waals surface area contributed by atoms with E-state index in [-0.39, 0.29) is 36.5 Å². The first-order valence-electron chi connectivity index (χ1n) is 12.5. The maximum atomic E-state index is 13.5. The fraction of sp³-hybridized carbons (Fsp3) is 0.875. The molecular formula is C24H39N3O3. The van der Waals surface area contributed by atoms with Crippen LogP contribution in [-0.2, 0) is 9.59 Å². The van der Waals surface area contributed by atoms with Crippen LogP contribution in [0.25, 0.3) is 0 Å². The predicted octanol–water partition coefficient (Wildman–Crippen LogP) is 4.37. The Kier molecular flexibility index (Phi) is 6.69. The molecule has 0 aromatic rings. The van der Waals surface area contributed by atoms with Gasteiger partial charge in [-0.15, -0.1) is 0 Å². The number of rotatable bonds is 5. The van der Waals surface area contributed by atoms with Crippen LogP contribution < -0.4 is 5.32 Å². The third-order valence-corrected chi connectivity index (χ3v) is 8.30. The molecule has 0 aromatic carbocycles. The van der Waals surface area contributed by atoms with E-state index in [9.17, 15) is 14.4 Å². The van der Waals surface area contributed by atoms with E-state index in [4.69, 9.17) is 0 Å². The average molecular weight is 418 g/mol. The van der Waals surface area contributed by atoms with Crippen molar-refractivity contribution in [3.8, 4) is 0 Å². The Morgan fingerprint density at radius 1 is 0.933 bits per heavy atom. The van der Waals surface area contributed by atoms with Gasteiger partial charge in [0.15, 0.2) is 0 Å². The summed E-state index contributed by atoms with van der Waals surface area (Å²) in [5, 5.41) is 2.98. The van der Waals surface area contributed by atoms with Crippen LogP contribution in [0.5, 0.6) is 0 Å². The third kappa shape index (κ3) is 4.24. The lowest BCUT2D eigenvalue weighted by atomic mass is 9.75. The number of amides is 4. The molecule has 6 heteroatoms. The van der Waals surface area contributed by atoms with Gasteiger partial charge in [-0.2, -0.15) is 0 Å². The summed E-state index contributed by atoms with van der Waals surface area (Å²) in [4.78, 5) is 42.9. The van der Waals surface area contributed by atoms with Gasteiger partial charge in [-0.25, -0.2) is 4.79 Å². The molecule has 1 N–H and O–H groups in total. The van der Waals surface area contributed by atoms with Gasteiger partial charge in [0.2, 0.25) is 5.91 Å². The van der Waals surface area contributed by atoms with Crippen molar-refractivity contribution in [3.63, 3.8) is 0 Å². The SMILES string of the molecule is CCC1CCC2(CC1)NC(=O)N(CC(=O)N(C1CCCCC1)C1CCCCC1)C2=O. The van der Waals surface area contributed by atoms with Gasteiger partial charge in [0.05, 0.1) is 0 Å². The monoisotopic (exact) mass is 417 g/mol. The van der Waals surface area contributed by atoms with Gasteiger partial charge in [-0.05, 0) is 57.3 Å². The van der Waals surface area contributed by atoms with Gasteiger partial charge in [0.1, 0.15) is 12.1 Å².